The molecule has 0 fully saturated rings. The second kappa shape index (κ2) is 3.76. The van der Waals surface area contributed by atoms with E-state index in [4.69, 9.17) is 10.5 Å². The molecule has 12 heavy (non-hydrogen) atoms. The highest BCUT2D eigenvalue weighted by Crippen LogP contribution is 2.17. The van der Waals surface area contributed by atoms with Gasteiger partial charge in [0, 0.05) is 30.6 Å². The van der Waals surface area contributed by atoms with Crippen molar-refractivity contribution in [2.24, 2.45) is 4.99 Å². The molecule has 0 aliphatic rings. The van der Waals surface area contributed by atoms with Gasteiger partial charge in [-0.3, -0.25) is 4.99 Å². The first-order valence-corrected chi connectivity index (χ1v) is 3.63. The molecule has 0 bridgehead atoms. The van der Waals surface area contributed by atoms with Crippen LogP contribution in [0.1, 0.15) is 5.56 Å². The first-order valence-electron chi connectivity index (χ1n) is 3.63. The smallest absolute Gasteiger partial charge is 0.120 e. The van der Waals surface area contributed by atoms with Crippen LogP contribution in [0, 0.1) is 0 Å². The van der Waals surface area contributed by atoms with Gasteiger partial charge in [0.05, 0.1) is 7.11 Å². The molecule has 0 spiro atoms. The van der Waals surface area contributed by atoms with Gasteiger partial charge in [-0.1, -0.05) is 0 Å². The summed E-state index contributed by atoms with van der Waals surface area (Å²) in [6.45, 7) is 0. The summed E-state index contributed by atoms with van der Waals surface area (Å²) in [6.07, 6.45) is 1.72. The lowest BCUT2D eigenvalue weighted by atomic mass is 10.2. The van der Waals surface area contributed by atoms with Gasteiger partial charge < -0.3 is 10.5 Å². The number of aliphatic imine (C=N–C) groups is 1. The molecule has 64 valence electrons. The highest BCUT2D eigenvalue weighted by atomic mass is 16.5. The van der Waals surface area contributed by atoms with Crippen LogP contribution in [-0.2, 0) is 0 Å². The normalized spacial score (nSPS) is 10.5. The van der Waals surface area contributed by atoms with Crippen LogP contribution < -0.4 is 10.5 Å². The van der Waals surface area contributed by atoms with E-state index in [1.54, 1.807) is 26.4 Å². The third-order valence-corrected chi connectivity index (χ3v) is 1.56. The van der Waals surface area contributed by atoms with Crippen molar-refractivity contribution in [3.05, 3.63) is 23.8 Å². The molecule has 0 amide bonds. The zero-order chi connectivity index (χ0) is 8.97. The van der Waals surface area contributed by atoms with Crippen LogP contribution in [0.3, 0.4) is 0 Å². The fourth-order valence-electron chi connectivity index (χ4n) is 0.936. The predicted octanol–water partition coefficient (Wildman–Crippen LogP) is 1.33. The number of benzene rings is 1. The Balaban J connectivity index is 3.03. The number of nitrogens with zero attached hydrogens (tertiary/aromatic N) is 1. The van der Waals surface area contributed by atoms with Crippen molar-refractivity contribution in [3.63, 3.8) is 0 Å². The molecule has 1 aromatic rings. The summed E-state index contributed by atoms with van der Waals surface area (Å²) in [7, 11) is 3.33. The minimum atomic E-state index is 0.681. The second-order valence-electron chi connectivity index (χ2n) is 2.38. The Bertz CT molecular complexity index is 295. The average molecular weight is 164 g/mol. The van der Waals surface area contributed by atoms with Crippen molar-refractivity contribution in [2.45, 2.75) is 0 Å². The van der Waals surface area contributed by atoms with Crippen molar-refractivity contribution >= 4 is 11.9 Å². The van der Waals surface area contributed by atoms with Crippen LogP contribution in [-0.4, -0.2) is 20.4 Å². The largest absolute Gasteiger partial charge is 0.497 e. The lowest BCUT2D eigenvalue weighted by molar-refractivity contribution is 0.415. The predicted molar refractivity (Wildman–Crippen MR) is 50.9 cm³/mol. The molecule has 0 radical (unpaired) electrons. The van der Waals surface area contributed by atoms with Gasteiger partial charge in [0.2, 0.25) is 0 Å². The first-order chi connectivity index (χ1) is 5.77. The molecule has 0 aliphatic heterocycles. The van der Waals surface area contributed by atoms with E-state index < -0.39 is 0 Å². The highest BCUT2D eigenvalue weighted by Gasteiger charge is 1.96. The minimum Gasteiger partial charge on any atom is -0.497 e. The third kappa shape index (κ3) is 1.75. The lowest BCUT2D eigenvalue weighted by Gasteiger charge is -2.02. The Morgan fingerprint density at radius 3 is 2.75 bits per heavy atom. The van der Waals surface area contributed by atoms with E-state index in [0.29, 0.717) is 5.69 Å². The summed E-state index contributed by atoms with van der Waals surface area (Å²) in [5.41, 5.74) is 7.31. The number of hydrogen-bond acceptors (Lipinski definition) is 3. The number of ether oxygens (including phenoxy) is 1. The Morgan fingerprint density at radius 1 is 1.50 bits per heavy atom. The van der Waals surface area contributed by atoms with Gasteiger partial charge in [-0.05, 0) is 12.1 Å². The maximum absolute atomic E-state index is 5.71. The molecule has 0 saturated heterocycles. The maximum Gasteiger partial charge on any atom is 0.120 e. The third-order valence-electron chi connectivity index (χ3n) is 1.56. The molecule has 1 rings (SSSR count). The molecule has 0 aromatic heterocycles. The molecule has 0 heterocycles. The van der Waals surface area contributed by atoms with Crippen LogP contribution in [0.2, 0.25) is 0 Å². The number of hydrogen-bond donors (Lipinski definition) is 1. The van der Waals surface area contributed by atoms with E-state index in [2.05, 4.69) is 4.99 Å². The van der Waals surface area contributed by atoms with E-state index in [1.165, 1.54) is 0 Å². The number of nitrogens with two attached hydrogens (primary N) is 1. The van der Waals surface area contributed by atoms with E-state index in [9.17, 15) is 0 Å². The zero-order valence-electron chi connectivity index (χ0n) is 7.24. The minimum absolute atomic E-state index is 0.681. The van der Waals surface area contributed by atoms with E-state index in [-0.39, 0.29) is 0 Å². The Morgan fingerprint density at radius 2 is 2.25 bits per heavy atom. The molecular formula is C9H12N2O. The molecule has 0 atom stereocenters. The fraction of sp³-hybridized carbons (Fsp3) is 0.222. The van der Waals surface area contributed by atoms with Crippen LogP contribution >= 0.6 is 0 Å². The monoisotopic (exact) mass is 164 g/mol. The Hall–Kier alpha value is -1.51. The van der Waals surface area contributed by atoms with Gasteiger partial charge in [0.15, 0.2) is 0 Å². The highest BCUT2D eigenvalue weighted by molar-refractivity contribution is 5.87. The van der Waals surface area contributed by atoms with Gasteiger partial charge in [-0.15, -0.1) is 0 Å². The Kier molecular flexibility index (Phi) is 2.69. The molecular weight excluding hydrogens is 152 g/mol. The number of methoxy groups -OCH3 is 1. The number of anilines is 1. The first kappa shape index (κ1) is 8.59. The second-order valence-corrected chi connectivity index (χ2v) is 2.38. The van der Waals surface area contributed by atoms with Crippen molar-refractivity contribution in [1.82, 2.24) is 0 Å². The fourth-order valence-corrected chi connectivity index (χ4v) is 0.936. The number of nitrogen functional groups attached to an aromatic ring is 1. The molecule has 0 saturated carbocycles. The lowest BCUT2D eigenvalue weighted by Crippen LogP contribution is -1.94. The van der Waals surface area contributed by atoms with Crippen LogP contribution in [0.5, 0.6) is 5.75 Å². The molecule has 3 heteroatoms. The van der Waals surface area contributed by atoms with Crippen LogP contribution in [0.15, 0.2) is 23.2 Å². The van der Waals surface area contributed by atoms with Crippen molar-refractivity contribution in [1.29, 1.82) is 0 Å². The Labute approximate surface area is 71.9 Å². The average Bonchev–Trinajstić information content (AvgIpc) is 2.09. The number of rotatable bonds is 2. The van der Waals surface area contributed by atoms with Gasteiger partial charge in [0.1, 0.15) is 5.75 Å². The summed E-state index contributed by atoms with van der Waals surface area (Å²) in [6, 6.07) is 5.51. The molecule has 0 aliphatic carbocycles. The standard InChI is InChI=1S/C9H12N2O/c1-11-6-7-3-4-8(12-2)5-9(7)10/h3-6H,10H2,1-2H3/b11-6-. The quantitative estimate of drug-likeness (QED) is 0.529. The van der Waals surface area contributed by atoms with Crippen molar-refractivity contribution in [3.8, 4) is 5.75 Å². The molecule has 2 N–H and O–H groups in total. The topological polar surface area (TPSA) is 47.6 Å². The zero-order valence-corrected chi connectivity index (χ0v) is 7.24. The maximum atomic E-state index is 5.71. The summed E-state index contributed by atoms with van der Waals surface area (Å²) < 4.78 is 5.00. The van der Waals surface area contributed by atoms with Crippen LogP contribution in [0.25, 0.3) is 0 Å². The van der Waals surface area contributed by atoms with Gasteiger partial charge in [0.25, 0.3) is 0 Å². The summed E-state index contributed by atoms with van der Waals surface area (Å²) in [5.74, 6) is 0.765. The van der Waals surface area contributed by atoms with Crippen LogP contribution in [0.4, 0.5) is 5.69 Å². The molecule has 1 aromatic carbocycles. The van der Waals surface area contributed by atoms with E-state index in [0.717, 1.165) is 11.3 Å². The molecule has 3 nitrogen and oxygen atoms in total. The summed E-state index contributed by atoms with van der Waals surface area (Å²) >= 11 is 0. The SMILES string of the molecule is C/N=C\c1ccc(OC)cc1N. The van der Waals surface area contributed by atoms with Crippen molar-refractivity contribution < 1.29 is 4.74 Å². The van der Waals surface area contributed by atoms with Gasteiger partial charge in [-0.2, -0.15) is 0 Å². The van der Waals surface area contributed by atoms with Gasteiger partial charge in [-0.25, -0.2) is 0 Å². The molecule has 0 unspecified atom stereocenters. The van der Waals surface area contributed by atoms with E-state index >= 15 is 0 Å². The van der Waals surface area contributed by atoms with Crippen molar-refractivity contribution in [2.75, 3.05) is 19.9 Å². The summed E-state index contributed by atoms with van der Waals surface area (Å²) in [4.78, 5) is 3.88. The van der Waals surface area contributed by atoms with E-state index in [1.807, 2.05) is 12.1 Å². The summed E-state index contributed by atoms with van der Waals surface area (Å²) in [5, 5.41) is 0. The van der Waals surface area contributed by atoms with Gasteiger partial charge >= 0.3 is 0 Å².